The summed E-state index contributed by atoms with van der Waals surface area (Å²) >= 11 is 0. The lowest BCUT2D eigenvalue weighted by atomic mass is 9.69. The number of hydrogen-bond acceptors (Lipinski definition) is 4. The zero-order valence-corrected chi connectivity index (χ0v) is 12.9. The van der Waals surface area contributed by atoms with Gasteiger partial charge < -0.3 is 5.32 Å². The Morgan fingerprint density at radius 2 is 2.00 bits per heavy atom. The average Bonchev–Trinajstić information content (AvgIpc) is 2.82. The number of amides is 1. The molecular weight excluding hydrogens is 268 g/mol. The van der Waals surface area contributed by atoms with Gasteiger partial charge in [-0.2, -0.15) is 0 Å². The van der Waals surface area contributed by atoms with Gasteiger partial charge in [-0.05, 0) is 52.0 Å². The molecule has 1 saturated heterocycles. The van der Waals surface area contributed by atoms with E-state index in [0.29, 0.717) is 13.0 Å². The first-order valence-electron chi connectivity index (χ1n) is 7.66. The molecule has 0 aromatic heterocycles. The summed E-state index contributed by atoms with van der Waals surface area (Å²) in [4.78, 5) is 35.9. The van der Waals surface area contributed by atoms with Crippen molar-refractivity contribution in [1.29, 1.82) is 0 Å². The molecular formula is C16H24N2O3. The minimum Gasteiger partial charge on any atom is -0.354 e. The fourth-order valence-corrected chi connectivity index (χ4v) is 3.79. The lowest BCUT2D eigenvalue weighted by Gasteiger charge is -2.38. The summed E-state index contributed by atoms with van der Waals surface area (Å²) in [6, 6.07) is 0. The largest absolute Gasteiger partial charge is 0.354 e. The third-order valence-electron chi connectivity index (χ3n) is 4.73. The number of ketones is 2. The van der Waals surface area contributed by atoms with E-state index < -0.39 is 11.5 Å². The van der Waals surface area contributed by atoms with Crippen LogP contribution in [0.3, 0.4) is 0 Å². The molecule has 3 atom stereocenters. The van der Waals surface area contributed by atoms with E-state index in [1.54, 1.807) is 0 Å². The number of fused-ring (bicyclic) bond motifs is 1. The van der Waals surface area contributed by atoms with Crippen molar-refractivity contribution >= 4 is 17.5 Å². The number of likely N-dealkylation sites (N-methyl/N-ethyl adjacent to an activating group) is 1. The van der Waals surface area contributed by atoms with Crippen molar-refractivity contribution in [3.63, 3.8) is 0 Å². The monoisotopic (exact) mass is 292 g/mol. The summed E-state index contributed by atoms with van der Waals surface area (Å²) in [7, 11) is 0. The van der Waals surface area contributed by atoms with Crippen LogP contribution in [0, 0.1) is 17.8 Å². The molecule has 1 heterocycles. The molecule has 1 aliphatic carbocycles. The summed E-state index contributed by atoms with van der Waals surface area (Å²) in [6.07, 6.45) is 5.35. The van der Waals surface area contributed by atoms with E-state index >= 15 is 0 Å². The van der Waals surface area contributed by atoms with E-state index in [0.717, 1.165) is 13.0 Å². The van der Waals surface area contributed by atoms with Gasteiger partial charge in [-0.3, -0.25) is 19.7 Å². The lowest BCUT2D eigenvalue weighted by Crippen LogP contribution is -2.57. The second-order valence-corrected chi connectivity index (χ2v) is 6.10. The maximum atomic E-state index is 12.4. The van der Waals surface area contributed by atoms with E-state index in [-0.39, 0.29) is 29.3 Å². The van der Waals surface area contributed by atoms with Crippen molar-refractivity contribution in [1.82, 2.24) is 10.6 Å². The fraction of sp³-hybridized carbons (Fsp3) is 0.688. The van der Waals surface area contributed by atoms with Crippen LogP contribution in [0.4, 0.5) is 0 Å². The van der Waals surface area contributed by atoms with Gasteiger partial charge in [-0.15, -0.1) is 0 Å². The predicted octanol–water partition coefficient (Wildman–Crippen LogP) is 0.841. The fourth-order valence-electron chi connectivity index (χ4n) is 3.79. The maximum absolute atomic E-state index is 12.4. The smallest absolute Gasteiger partial charge is 0.244 e. The molecule has 0 aromatic carbocycles. The molecule has 2 rings (SSSR count). The Kier molecular flexibility index (Phi) is 4.61. The molecule has 1 fully saturated rings. The van der Waals surface area contributed by atoms with Crippen LogP contribution in [0.2, 0.25) is 0 Å². The highest BCUT2D eigenvalue weighted by Crippen LogP contribution is 2.40. The first-order valence-corrected chi connectivity index (χ1v) is 7.66. The van der Waals surface area contributed by atoms with Gasteiger partial charge in [0.05, 0.1) is 5.92 Å². The van der Waals surface area contributed by atoms with Gasteiger partial charge in [0.2, 0.25) is 5.91 Å². The van der Waals surface area contributed by atoms with E-state index in [4.69, 9.17) is 0 Å². The molecule has 1 amide bonds. The van der Waals surface area contributed by atoms with Crippen molar-refractivity contribution in [2.45, 2.75) is 39.2 Å². The molecule has 1 aliphatic heterocycles. The topological polar surface area (TPSA) is 75.3 Å². The van der Waals surface area contributed by atoms with Crippen LogP contribution >= 0.6 is 0 Å². The Bertz CT molecular complexity index is 472. The molecule has 0 bridgehead atoms. The highest BCUT2D eigenvalue weighted by Gasteiger charge is 2.50. The zero-order chi connectivity index (χ0) is 15.6. The first-order chi connectivity index (χ1) is 9.92. The van der Waals surface area contributed by atoms with Crippen molar-refractivity contribution in [3.05, 3.63) is 12.2 Å². The van der Waals surface area contributed by atoms with Gasteiger partial charge in [-0.1, -0.05) is 12.2 Å². The summed E-state index contributed by atoms with van der Waals surface area (Å²) in [6.45, 7) is 6.21. The molecule has 5 nitrogen and oxygen atoms in total. The Morgan fingerprint density at radius 3 is 2.57 bits per heavy atom. The van der Waals surface area contributed by atoms with E-state index in [1.807, 2.05) is 19.1 Å². The van der Waals surface area contributed by atoms with Crippen LogP contribution in [0.25, 0.3) is 0 Å². The standard InChI is InChI=1S/C16H24N2O3/c1-4-17-15(21)16-7-5-12(9-13(16)6-8-18-16)14(10(2)19)11(3)20/h5,7,12-14,18H,4,6,8-9H2,1-3H3,(H,17,21)/t12-,13+,16-/m0/s1. The van der Waals surface area contributed by atoms with Gasteiger partial charge in [0, 0.05) is 6.54 Å². The van der Waals surface area contributed by atoms with Crippen LogP contribution < -0.4 is 10.6 Å². The molecule has 0 radical (unpaired) electrons. The average molecular weight is 292 g/mol. The summed E-state index contributed by atoms with van der Waals surface area (Å²) < 4.78 is 0. The van der Waals surface area contributed by atoms with E-state index in [9.17, 15) is 14.4 Å². The lowest BCUT2D eigenvalue weighted by molar-refractivity contribution is -0.132. The van der Waals surface area contributed by atoms with Crippen LogP contribution in [0.5, 0.6) is 0 Å². The highest BCUT2D eigenvalue weighted by atomic mass is 16.2. The molecule has 21 heavy (non-hydrogen) atoms. The van der Waals surface area contributed by atoms with E-state index in [1.165, 1.54) is 13.8 Å². The van der Waals surface area contributed by atoms with Crippen LogP contribution in [0.1, 0.15) is 33.6 Å². The normalized spacial score (nSPS) is 31.0. The second-order valence-electron chi connectivity index (χ2n) is 6.10. The van der Waals surface area contributed by atoms with Gasteiger partial charge in [-0.25, -0.2) is 0 Å². The SMILES string of the molecule is CCNC(=O)[C@]12C=C[C@H](C(C(C)=O)C(C)=O)C[C@H]1CCN2. The Hall–Kier alpha value is -1.49. The van der Waals surface area contributed by atoms with E-state index in [2.05, 4.69) is 10.6 Å². The highest BCUT2D eigenvalue weighted by molar-refractivity contribution is 6.01. The number of Topliss-reactive ketones (excluding diaryl/α,β-unsaturated/α-hetero) is 2. The van der Waals surface area contributed by atoms with Crippen molar-refractivity contribution in [2.75, 3.05) is 13.1 Å². The second kappa shape index (κ2) is 6.10. The molecule has 0 saturated carbocycles. The van der Waals surface area contributed by atoms with Gasteiger partial charge >= 0.3 is 0 Å². The van der Waals surface area contributed by atoms with Gasteiger partial charge in [0.15, 0.2) is 0 Å². The summed E-state index contributed by atoms with van der Waals surface area (Å²) in [5, 5.41) is 6.19. The molecule has 2 aliphatic rings. The van der Waals surface area contributed by atoms with Gasteiger partial charge in [0.25, 0.3) is 0 Å². The summed E-state index contributed by atoms with van der Waals surface area (Å²) in [5.74, 6) is -0.714. The third-order valence-corrected chi connectivity index (χ3v) is 4.73. The van der Waals surface area contributed by atoms with Crippen LogP contribution in [0.15, 0.2) is 12.2 Å². The molecule has 5 heteroatoms. The minimum absolute atomic E-state index is 0.00981. The molecule has 0 spiro atoms. The number of hydrogen-bond donors (Lipinski definition) is 2. The Labute approximate surface area is 125 Å². The maximum Gasteiger partial charge on any atom is 0.244 e. The number of rotatable bonds is 5. The minimum atomic E-state index is -0.662. The first kappa shape index (κ1) is 15.9. The predicted molar refractivity (Wildman–Crippen MR) is 79.6 cm³/mol. The number of carbonyl (C=O) groups excluding carboxylic acids is 3. The Balaban J connectivity index is 2.26. The molecule has 2 N–H and O–H groups in total. The molecule has 0 unspecified atom stereocenters. The quantitative estimate of drug-likeness (QED) is 0.581. The number of carbonyl (C=O) groups is 3. The van der Waals surface area contributed by atoms with Gasteiger partial charge in [0.1, 0.15) is 17.1 Å². The van der Waals surface area contributed by atoms with Crippen molar-refractivity contribution < 1.29 is 14.4 Å². The number of allylic oxidation sites excluding steroid dienone is 1. The molecule has 0 aromatic rings. The van der Waals surface area contributed by atoms with Crippen molar-refractivity contribution in [2.24, 2.45) is 17.8 Å². The van der Waals surface area contributed by atoms with Crippen LogP contribution in [-0.2, 0) is 14.4 Å². The number of nitrogens with one attached hydrogen (secondary N) is 2. The zero-order valence-electron chi connectivity index (χ0n) is 12.9. The summed E-state index contributed by atoms with van der Waals surface area (Å²) in [5.41, 5.74) is -0.662. The van der Waals surface area contributed by atoms with Crippen LogP contribution in [-0.4, -0.2) is 36.1 Å². The Morgan fingerprint density at radius 1 is 1.33 bits per heavy atom. The molecule has 116 valence electrons. The third kappa shape index (κ3) is 2.79. The van der Waals surface area contributed by atoms with Crippen molar-refractivity contribution in [3.8, 4) is 0 Å².